The minimum absolute atomic E-state index is 0.251. The third-order valence-electron chi connectivity index (χ3n) is 3.48. The average Bonchev–Trinajstić information content (AvgIpc) is 2.34. The van der Waals surface area contributed by atoms with Gasteiger partial charge in [0, 0.05) is 36.6 Å². The normalized spacial score (nSPS) is 22.1. The number of nitrogens with zero attached hydrogens (tertiary/aromatic N) is 1. The third kappa shape index (κ3) is 3.12. The molecule has 18 heavy (non-hydrogen) atoms. The minimum atomic E-state index is 0.251. The molecule has 1 aliphatic rings. The van der Waals surface area contributed by atoms with Crippen LogP contribution in [0.5, 0.6) is 0 Å². The van der Waals surface area contributed by atoms with Gasteiger partial charge in [-0.3, -0.25) is 4.79 Å². The predicted molar refractivity (Wildman–Crippen MR) is 76.4 cm³/mol. The Hall–Kier alpha value is -0.870. The summed E-state index contributed by atoms with van der Waals surface area (Å²) >= 11 is 3.58. The van der Waals surface area contributed by atoms with Gasteiger partial charge in [0.25, 0.3) is 0 Å². The molecule has 1 aliphatic heterocycles. The molecule has 4 heteroatoms. The van der Waals surface area contributed by atoms with Crippen LogP contribution in [0.4, 0.5) is 0 Å². The number of likely N-dealkylation sites (N-methyl/N-ethyl adjacent to an activating group) is 1. The number of halogens is 1. The fraction of sp³-hybridized carbons (Fsp3) is 0.500. The summed E-state index contributed by atoms with van der Waals surface area (Å²) in [6.45, 7) is 2.96. The van der Waals surface area contributed by atoms with Gasteiger partial charge in [0.2, 0.25) is 5.91 Å². The lowest BCUT2D eigenvalue weighted by molar-refractivity contribution is -0.132. The second-order valence-corrected chi connectivity index (χ2v) is 5.77. The maximum absolute atomic E-state index is 11.4. The molecule has 3 nitrogen and oxygen atoms in total. The Morgan fingerprint density at radius 1 is 1.44 bits per heavy atom. The van der Waals surface area contributed by atoms with Crippen LogP contribution in [-0.2, 0) is 4.79 Å². The van der Waals surface area contributed by atoms with E-state index in [-0.39, 0.29) is 11.9 Å². The Morgan fingerprint density at radius 3 is 2.83 bits per heavy atom. The number of likely N-dealkylation sites (tertiary alicyclic amines) is 1. The summed E-state index contributed by atoms with van der Waals surface area (Å²) in [4.78, 5) is 13.3. The Morgan fingerprint density at radius 2 is 2.17 bits per heavy atom. The number of hydrogen-bond acceptors (Lipinski definition) is 2. The third-order valence-corrected chi connectivity index (χ3v) is 4.21. The second-order valence-electron chi connectivity index (χ2n) is 4.92. The van der Waals surface area contributed by atoms with Gasteiger partial charge in [-0.25, -0.2) is 0 Å². The van der Waals surface area contributed by atoms with Gasteiger partial charge in [0.1, 0.15) is 0 Å². The first-order valence-electron chi connectivity index (χ1n) is 6.32. The second kappa shape index (κ2) is 5.85. The zero-order valence-electron chi connectivity index (χ0n) is 10.8. The molecule has 0 saturated carbocycles. The molecule has 0 spiro atoms. The van der Waals surface area contributed by atoms with Gasteiger partial charge < -0.3 is 10.2 Å². The van der Waals surface area contributed by atoms with Gasteiger partial charge in [0.15, 0.2) is 0 Å². The summed E-state index contributed by atoms with van der Waals surface area (Å²) in [5, 5.41) is 3.60. The molecule has 0 bridgehead atoms. The Kier molecular flexibility index (Phi) is 4.40. The molecule has 1 fully saturated rings. The number of benzene rings is 1. The van der Waals surface area contributed by atoms with Crippen molar-refractivity contribution in [2.45, 2.75) is 31.8 Å². The molecule has 98 valence electrons. The van der Waals surface area contributed by atoms with Crippen LogP contribution in [0.2, 0.25) is 0 Å². The largest absolute Gasteiger partial charge is 0.344 e. The van der Waals surface area contributed by atoms with Crippen LogP contribution in [-0.4, -0.2) is 30.4 Å². The molecular formula is C14H19BrN2O. The average molecular weight is 311 g/mol. The van der Waals surface area contributed by atoms with Gasteiger partial charge in [-0.2, -0.15) is 0 Å². The van der Waals surface area contributed by atoms with E-state index in [1.165, 1.54) is 5.56 Å². The molecule has 1 saturated heterocycles. The van der Waals surface area contributed by atoms with E-state index < -0.39 is 0 Å². The predicted octanol–water partition coefficient (Wildman–Crippen LogP) is 2.72. The van der Waals surface area contributed by atoms with Crippen molar-refractivity contribution in [1.29, 1.82) is 0 Å². The molecule has 0 aliphatic carbocycles. The number of hydrogen-bond donors (Lipinski definition) is 1. The van der Waals surface area contributed by atoms with Crippen molar-refractivity contribution in [2.24, 2.45) is 0 Å². The number of carbonyl (C=O) groups is 1. The first-order chi connectivity index (χ1) is 8.58. The van der Waals surface area contributed by atoms with E-state index in [2.05, 4.69) is 46.4 Å². The van der Waals surface area contributed by atoms with E-state index in [9.17, 15) is 4.79 Å². The van der Waals surface area contributed by atoms with Crippen LogP contribution in [0.3, 0.4) is 0 Å². The van der Waals surface area contributed by atoms with Crippen LogP contribution in [0.15, 0.2) is 28.7 Å². The highest BCUT2D eigenvalue weighted by Crippen LogP contribution is 2.24. The lowest BCUT2D eigenvalue weighted by Gasteiger charge is -2.32. The van der Waals surface area contributed by atoms with Crippen LogP contribution in [0, 0.1) is 0 Å². The van der Waals surface area contributed by atoms with Crippen molar-refractivity contribution < 1.29 is 4.79 Å². The first-order valence-corrected chi connectivity index (χ1v) is 7.11. The molecule has 1 heterocycles. The Bertz CT molecular complexity index is 436. The number of nitrogens with one attached hydrogen (secondary N) is 1. The maximum Gasteiger partial charge on any atom is 0.222 e. The molecule has 2 atom stereocenters. The topological polar surface area (TPSA) is 32.3 Å². The monoisotopic (exact) mass is 310 g/mol. The molecule has 0 radical (unpaired) electrons. The molecule has 1 aromatic rings. The fourth-order valence-corrected chi connectivity index (χ4v) is 3.05. The Labute approximate surface area is 117 Å². The van der Waals surface area contributed by atoms with E-state index in [4.69, 9.17) is 0 Å². The SMILES string of the molecule is CC(NC1CCC(=O)N(C)C1)c1ccccc1Br. The van der Waals surface area contributed by atoms with Gasteiger partial charge in [0.05, 0.1) is 0 Å². The van der Waals surface area contributed by atoms with Crippen molar-refractivity contribution in [3.05, 3.63) is 34.3 Å². The molecule has 1 N–H and O–H groups in total. The molecule has 1 amide bonds. The smallest absolute Gasteiger partial charge is 0.222 e. The standard InChI is InChI=1S/C14H19BrN2O/c1-10(12-5-3-4-6-13(12)15)16-11-7-8-14(18)17(2)9-11/h3-6,10-11,16H,7-9H2,1-2H3. The van der Waals surface area contributed by atoms with Gasteiger partial charge in [-0.05, 0) is 25.0 Å². The highest BCUT2D eigenvalue weighted by atomic mass is 79.9. The van der Waals surface area contributed by atoms with E-state index in [0.29, 0.717) is 12.5 Å². The van der Waals surface area contributed by atoms with Crippen LogP contribution in [0.25, 0.3) is 0 Å². The van der Waals surface area contributed by atoms with Crippen LogP contribution in [0.1, 0.15) is 31.4 Å². The van der Waals surface area contributed by atoms with Crippen molar-refractivity contribution in [3.63, 3.8) is 0 Å². The summed E-state index contributed by atoms with van der Waals surface area (Å²) < 4.78 is 1.13. The molecule has 2 unspecified atom stereocenters. The van der Waals surface area contributed by atoms with E-state index in [1.54, 1.807) is 0 Å². The van der Waals surface area contributed by atoms with Gasteiger partial charge in [-0.15, -0.1) is 0 Å². The van der Waals surface area contributed by atoms with E-state index in [1.807, 2.05) is 18.0 Å². The van der Waals surface area contributed by atoms with E-state index >= 15 is 0 Å². The van der Waals surface area contributed by atoms with Crippen molar-refractivity contribution in [2.75, 3.05) is 13.6 Å². The molecule has 1 aromatic carbocycles. The minimum Gasteiger partial charge on any atom is -0.344 e. The van der Waals surface area contributed by atoms with Gasteiger partial charge >= 0.3 is 0 Å². The molecule has 2 rings (SSSR count). The summed E-state index contributed by atoms with van der Waals surface area (Å²) in [6, 6.07) is 8.92. The molecule has 0 aromatic heterocycles. The Balaban J connectivity index is 1.98. The summed E-state index contributed by atoms with van der Waals surface area (Å²) in [5.41, 5.74) is 1.26. The quantitative estimate of drug-likeness (QED) is 0.931. The lowest BCUT2D eigenvalue weighted by atomic mass is 10.0. The lowest BCUT2D eigenvalue weighted by Crippen LogP contribution is -2.47. The zero-order valence-corrected chi connectivity index (χ0v) is 12.4. The maximum atomic E-state index is 11.4. The number of rotatable bonds is 3. The molecular weight excluding hydrogens is 292 g/mol. The zero-order chi connectivity index (χ0) is 13.1. The van der Waals surface area contributed by atoms with Crippen molar-refractivity contribution in [1.82, 2.24) is 10.2 Å². The number of carbonyl (C=O) groups excluding carboxylic acids is 1. The first kappa shape index (κ1) is 13.6. The summed E-state index contributed by atoms with van der Waals surface area (Å²) in [5.74, 6) is 0.251. The van der Waals surface area contributed by atoms with E-state index in [0.717, 1.165) is 17.4 Å². The number of piperidine rings is 1. The van der Waals surface area contributed by atoms with Crippen molar-refractivity contribution in [3.8, 4) is 0 Å². The van der Waals surface area contributed by atoms with Crippen molar-refractivity contribution >= 4 is 21.8 Å². The summed E-state index contributed by atoms with van der Waals surface area (Å²) in [7, 11) is 1.87. The van der Waals surface area contributed by atoms with Gasteiger partial charge in [-0.1, -0.05) is 34.1 Å². The fourth-order valence-electron chi connectivity index (χ4n) is 2.42. The highest BCUT2D eigenvalue weighted by Gasteiger charge is 2.24. The highest BCUT2D eigenvalue weighted by molar-refractivity contribution is 9.10. The number of amides is 1. The van der Waals surface area contributed by atoms with Crippen LogP contribution < -0.4 is 5.32 Å². The van der Waals surface area contributed by atoms with Crippen LogP contribution >= 0.6 is 15.9 Å². The summed E-state index contributed by atoms with van der Waals surface area (Å²) in [6.07, 6.45) is 1.58.